The van der Waals surface area contributed by atoms with Gasteiger partial charge in [-0.25, -0.2) is 13.2 Å². The standard InChI is InChI=1S/C15H10F5NO3/c1-23-8-4-2-7(3-5-8)21-9(22)6-24-15-13(19)11(17)10(16)12(18)14(15)20/h2-5H,6H2,1H3,(H,21,22). The third-order valence-electron chi connectivity index (χ3n) is 2.89. The first-order chi connectivity index (χ1) is 11.3. The summed E-state index contributed by atoms with van der Waals surface area (Å²) in [6.45, 7) is -0.954. The van der Waals surface area contributed by atoms with Gasteiger partial charge in [0.25, 0.3) is 5.91 Å². The first-order valence-electron chi connectivity index (χ1n) is 6.43. The molecule has 1 amide bonds. The number of nitrogens with one attached hydrogen (secondary N) is 1. The van der Waals surface area contributed by atoms with Crippen molar-refractivity contribution >= 4 is 11.6 Å². The fraction of sp³-hybridized carbons (Fsp3) is 0.133. The maximum absolute atomic E-state index is 13.4. The summed E-state index contributed by atoms with van der Waals surface area (Å²) < 4.78 is 74.9. The van der Waals surface area contributed by atoms with Gasteiger partial charge in [-0.3, -0.25) is 4.79 Å². The molecular weight excluding hydrogens is 337 g/mol. The molecule has 2 rings (SSSR count). The second-order valence-corrected chi connectivity index (χ2v) is 4.46. The SMILES string of the molecule is COc1ccc(NC(=O)COc2c(F)c(F)c(F)c(F)c2F)cc1. The van der Waals surface area contributed by atoms with Gasteiger partial charge in [0.15, 0.2) is 12.4 Å². The summed E-state index contributed by atoms with van der Waals surface area (Å²) in [6.07, 6.45) is 0. The quantitative estimate of drug-likeness (QED) is 0.512. The average Bonchev–Trinajstić information content (AvgIpc) is 2.59. The molecule has 2 aromatic rings. The molecule has 0 atom stereocenters. The topological polar surface area (TPSA) is 47.6 Å². The van der Waals surface area contributed by atoms with E-state index in [1.54, 1.807) is 12.1 Å². The Hall–Kier alpha value is -2.84. The summed E-state index contributed by atoms with van der Waals surface area (Å²) >= 11 is 0. The molecule has 0 saturated heterocycles. The Labute approximate surface area is 132 Å². The molecule has 2 aromatic carbocycles. The Morgan fingerprint density at radius 1 is 0.917 bits per heavy atom. The monoisotopic (exact) mass is 347 g/mol. The zero-order valence-electron chi connectivity index (χ0n) is 12.1. The number of anilines is 1. The number of rotatable bonds is 5. The molecule has 0 spiro atoms. The highest BCUT2D eigenvalue weighted by atomic mass is 19.2. The van der Waals surface area contributed by atoms with E-state index in [0.717, 1.165) is 0 Å². The number of methoxy groups -OCH3 is 1. The molecule has 4 nitrogen and oxygen atoms in total. The smallest absolute Gasteiger partial charge is 0.262 e. The maximum atomic E-state index is 13.4. The number of amides is 1. The molecule has 9 heteroatoms. The van der Waals surface area contributed by atoms with E-state index in [9.17, 15) is 26.7 Å². The van der Waals surface area contributed by atoms with Gasteiger partial charge < -0.3 is 14.8 Å². The lowest BCUT2D eigenvalue weighted by molar-refractivity contribution is -0.118. The highest BCUT2D eigenvalue weighted by molar-refractivity contribution is 5.91. The van der Waals surface area contributed by atoms with Gasteiger partial charge in [-0.15, -0.1) is 0 Å². The van der Waals surface area contributed by atoms with Crippen LogP contribution in [0.4, 0.5) is 27.6 Å². The summed E-state index contributed by atoms with van der Waals surface area (Å²) in [7, 11) is 1.45. The molecule has 24 heavy (non-hydrogen) atoms. The summed E-state index contributed by atoms with van der Waals surface area (Å²) in [5.74, 6) is -12.8. The molecule has 128 valence electrons. The summed E-state index contributed by atoms with van der Waals surface area (Å²) in [5.41, 5.74) is 0.321. The molecule has 0 aliphatic heterocycles. The van der Waals surface area contributed by atoms with Crippen molar-refractivity contribution in [1.82, 2.24) is 0 Å². The minimum atomic E-state index is -2.31. The molecule has 0 aliphatic carbocycles. The highest BCUT2D eigenvalue weighted by Crippen LogP contribution is 2.29. The van der Waals surface area contributed by atoms with Gasteiger partial charge in [0.2, 0.25) is 29.1 Å². The predicted octanol–water partition coefficient (Wildman–Crippen LogP) is 3.41. The molecular formula is C15H10F5NO3. The molecule has 0 aliphatic rings. The Balaban J connectivity index is 2.06. The minimum absolute atomic E-state index is 0.321. The van der Waals surface area contributed by atoms with Crippen LogP contribution in [0.3, 0.4) is 0 Å². The van der Waals surface area contributed by atoms with E-state index in [0.29, 0.717) is 11.4 Å². The van der Waals surface area contributed by atoms with Crippen LogP contribution in [0.5, 0.6) is 11.5 Å². The molecule has 1 N–H and O–H groups in total. The second kappa shape index (κ2) is 7.16. The van der Waals surface area contributed by atoms with E-state index in [2.05, 4.69) is 10.1 Å². The Bertz CT molecular complexity index is 736. The first kappa shape index (κ1) is 17.5. The van der Waals surface area contributed by atoms with E-state index in [-0.39, 0.29) is 0 Å². The van der Waals surface area contributed by atoms with Crippen LogP contribution in [0.15, 0.2) is 24.3 Å². The van der Waals surface area contributed by atoms with Crippen molar-refractivity contribution in [1.29, 1.82) is 0 Å². The molecule has 0 unspecified atom stereocenters. The van der Waals surface area contributed by atoms with Crippen molar-refractivity contribution < 1.29 is 36.2 Å². The van der Waals surface area contributed by atoms with Gasteiger partial charge in [-0.2, -0.15) is 8.78 Å². The maximum Gasteiger partial charge on any atom is 0.262 e. The zero-order valence-corrected chi connectivity index (χ0v) is 12.1. The summed E-state index contributed by atoms with van der Waals surface area (Å²) in [5, 5.41) is 2.32. The lowest BCUT2D eigenvalue weighted by Crippen LogP contribution is -2.21. The van der Waals surface area contributed by atoms with Gasteiger partial charge in [0, 0.05) is 5.69 Å². The van der Waals surface area contributed by atoms with E-state index in [4.69, 9.17) is 4.74 Å². The fourth-order valence-electron chi connectivity index (χ4n) is 1.72. The summed E-state index contributed by atoms with van der Waals surface area (Å²) in [4.78, 5) is 11.6. The molecule has 0 saturated carbocycles. The van der Waals surface area contributed by atoms with Gasteiger partial charge in [-0.1, -0.05) is 0 Å². The van der Waals surface area contributed by atoms with Crippen molar-refractivity contribution in [2.75, 3.05) is 19.0 Å². The second-order valence-electron chi connectivity index (χ2n) is 4.46. The number of benzene rings is 2. The minimum Gasteiger partial charge on any atom is -0.497 e. The first-order valence-corrected chi connectivity index (χ1v) is 6.43. The van der Waals surface area contributed by atoms with Crippen molar-refractivity contribution in [3.05, 3.63) is 53.4 Å². The van der Waals surface area contributed by atoms with Gasteiger partial charge in [0.1, 0.15) is 5.75 Å². The Kier molecular flexibility index (Phi) is 5.22. The van der Waals surface area contributed by atoms with Crippen LogP contribution in [0, 0.1) is 29.1 Å². The van der Waals surface area contributed by atoms with Gasteiger partial charge in [-0.05, 0) is 24.3 Å². The number of carbonyl (C=O) groups excluding carboxylic acids is 1. The van der Waals surface area contributed by atoms with Crippen LogP contribution < -0.4 is 14.8 Å². The Morgan fingerprint density at radius 3 is 1.92 bits per heavy atom. The largest absolute Gasteiger partial charge is 0.497 e. The molecule has 0 radical (unpaired) electrons. The van der Waals surface area contributed by atoms with Crippen LogP contribution in [-0.4, -0.2) is 19.6 Å². The number of hydrogen-bond acceptors (Lipinski definition) is 3. The van der Waals surface area contributed by atoms with Gasteiger partial charge >= 0.3 is 0 Å². The molecule has 0 aromatic heterocycles. The lowest BCUT2D eigenvalue weighted by atomic mass is 10.2. The van der Waals surface area contributed by atoms with Crippen LogP contribution in [-0.2, 0) is 4.79 Å². The number of ether oxygens (including phenoxy) is 2. The normalized spacial score (nSPS) is 10.4. The van der Waals surface area contributed by atoms with E-state index in [1.165, 1.54) is 19.2 Å². The van der Waals surface area contributed by atoms with Crippen molar-refractivity contribution in [3.63, 3.8) is 0 Å². The molecule has 0 fully saturated rings. The van der Waals surface area contributed by atoms with Crippen molar-refractivity contribution in [2.45, 2.75) is 0 Å². The van der Waals surface area contributed by atoms with E-state index < -0.39 is 47.3 Å². The molecule has 0 bridgehead atoms. The number of halogens is 5. The third kappa shape index (κ3) is 3.55. The fourth-order valence-corrected chi connectivity index (χ4v) is 1.72. The highest BCUT2D eigenvalue weighted by Gasteiger charge is 2.27. The van der Waals surface area contributed by atoms with Crippen LogP contribution in [0.25, 0.3) is 0 Å². The van der Waals surface area contributed by atoms with Crippen LogP contribution in [0.2, 0.25) is 0 Å². The summed E-state index contributed by atoms with van der Waals surface area (Å²) in [6, 6.07) is 6.05. The van der Waals surface area contributed by atoms with Crippen molar-refractivity contribution in [3.8, 4) is 11.5 Å². The predicted molar refractivity (Wildman–Crippen MR) is 73.4 cm³/mol. The van der Waals surface area contributed by atoms with Crippen LogP contribution >= 0.6 is 0 Å². The number of carbonyl (C=O) groups is 1. The third-order valence-corrected chi connectivity index (χ3v) is 2.89. The molecule has 0 heterocycles. The van der Waals surface area contributed by atoms with Gasteiger partial charge in [0.05, 0.1) is 7.11 Å². The Morgan fingerprint density at radius 2 is 1.42 bits per heavy atom. The average molecular weight is 347 g/mol. The zero-order chi connectivity index (χ0) is 17.9. The van der Waals surface area contributed by atoms with Crippen molar-refractivity contribution in [2.24, 2.45) is 0 Å². The van der Waals surface area contributed by atoms with Crippen LogP contribution in [0.1, 0.15) is 0 Å². The lowest BCUT2D eigenvalue weighted by Gasteiger charge is -2.10. The van der Waals surface area contributed by atoms with E-state index >= 15 is 0 Å². The number of hydrogen-bond donors (Lipinski definition) is 1. The van der Waals surface area contributed by atoms with E-state index in [1.807, 2.05) is 0 Å².